The number of rotatable bonds is 6. The molecule has 2 amide bonds. The predicted molar refractivity (Wildman–Crippen MR) is 96.7 cm³/mol. The van der Waals surface area contributed by atoms with Gasteiger partial charge in [-0.3, -0.25) is 9.59 Å². The second-order valence-electron chi connectivity index (χ2n) is 6.28. The molecule has 1 aliphatic rings. The van der Waals surface area contributed by atoms with Crippen LogP contribution in [0.3, 0.4) is 0 Å². The van der Waals surface area contributed by atoms with Gasteiger partial charge in [-0.25, -0.2) is 0 Å². The van der Waals surface area contributed by atoms with Crippen LogP contribution in [0.25, 0.3) is 0 Å². The van der Waals surface area contributed by atoms with E-state index < -0.39 is 0 Å². The fourth-order valence-electron chi connectivity index (χ4n) is 2.68. The van der Waals surface area contributed by atoms with Gasteiger partial charge in [-0.1, -0.05) is 18.2 Å². The smallest absolute Gasteiger partial charge is 0.251 e. The average molecular weight is 338 g/mol. The molecule has 1 fully saturated rings. The van der Waals surface area contributed by atoms with Gasteiger partial charge in [-0.2, -0.15) is 0 Å². The average Bonchev–Trinajstić information content (AvgIpc) is 3.47. The lowest BCUT2D eigenvalue weighted by Crippen LogP contribution is -2.27. The second-order valence-corrected chi connectivity index (χ2v) is 6.28. The Labute approximate surface area is 147 Å². The van der Waals surface area contributed by atoms with E-state index in [1.807, 2.05) is 31.2 Å². The number of carbonyl (C=O) groups is 2. The van der Waals surface area contributed by atoms with Gasteiger partial charge in [0.25, 0.3) is 5.91 Å². The molecule has 1 unspecified atom stereocenters. The molecule has 2 N–H and O–H groups in total. The van der Waals surface area contributed by atoms with Crippen LogP contribution in [0.1, 0.15) is 41.7 Å². The normalized spacial score (nSPS) is 14.5. The summed E-state index contributed by atoms with van der Waals surface area (Å²) in [5.41, 5.74) is 2.18. The summed E-state index contributed by atoms with van der Waals surface area (Å²) in [5.74, 6) is 0.790. The first-order valence-electron chi connectivity index (χ1n) is 8.43. The molecule has 130 valence electrons. The summed E-state index contributed by atoms with van der Waals surface area (Å²) in [6.07, 6.45) is 1.93. The van der Waals surface area contributed by atoms with Crippen molar-refractivity contribution in [3.63, 3.8) is 0 Å². The van der Waals surface area contributed by atoms with E-state index in [2.05, 4.69) is 10.6 Å². The van der Waals surface area contributed by atoms with Crippen LogP contribution < -0.4 is 15.4 Å². The zero-order valence-corrected chi connectivity index (χ0v) is 14.4. The standard InChI is InChI=1S/C20H22N2O3/c1-13(17-5-3-4-6-18(17)25-2)21-19(23)15-9-11-16(12-10-15)22-20(24)14-7-8-14/h3-6,9-14H,7-8H2,1-2H3,(H,21,23)(H,22,24). The summed E-state index contributed by atoms with van der Waals surface area (Å²) < 4.78 is 5.34. The Bertz CT molecular complexity index is 767. The van der Waals surface area contributed by atoms with Crippen molar-refractivity contribution in [2.45, 2.75) is 25.8 Å². The molecular formula is C20H22N2O3. The van der Waals surface area contributed by atoms with Crippen molar-refractivity contribution < 1.29 is 14.3 Å². The van der Waals surface area contributed by atoms with E-state index in [4.69, 9.17) is 4.74 Å². The number of benzene rings is 2. The number of para-hydroxylation sites is 1. The fourth-order valence-corrected chi connectivity index (χ4v) is 2.68. The SMILES string of the molecule is COc1ccccc1C(C)NC(=O)c1ccc(NC(=O)C2CC2)cc1. The molecule has 3 rings (SSSR count). The van der Waals surface area contributed by atoms with Crippen molar-refractivity contribution in [2.75, 3.05) is 12.4 Å². The molecule has 2 aromatic carbocycles. The molecule has 0 spiro atoms. The van der Waals surface area contributed by atoms with Crippen molar-refractivity contribution in [3.05, 3.63) is 59.7 Å². The Hall–Kier alpha value is -2.82. The first-order chi connectivity index (χ1) is 12.1. The van der Waals surface area contributed by atoms with E-state index in [-0.39, 0.29) is 23.8 Å². The van der Waals surface area contributed by atoms with Crippen molar-refractivity contribution >= 4 is 17.5 Å². The van der Waals surface area contributed by atoms with Crippen molar-refractivity contribution in [1.82, 2.24) is 5.32 Å². The van der Waals surface area contributed by atoms with E-state index in [0.717, 1.165) is 24.2 Å². The Kier molecular flexibility index (Phi) is 5.03. The molecule has 0 aliphatic heterocycles. The number of anilines is 1. The van der Waals surface area contributed by atoms with Gasteiger partial charge in [0.15, 0.2) is 0 Å². The predicted octanol–water partition coefficient (Wildman–Crippen LogP) is 3.53. The number of nitrogens with one attached hydrogen (secondary N) is 2. The Morgan fingerprint density at radius 2 is 1.76 bits per heavy atom. The lowest BCUT2D eigenvalue weighted by Gasteiger charge is -2.17. The third-order valence-corrected chi connectivity index (χ3v) is 4.32. The van der Waals surface area contributed by atoms with Crippen LogP contribution in [0, 0.1) is 5.92 Å². The van der Waals surface area contributed by atoms with Gasteiger partial charge in [0.1, 0.15) is 5.75 Å². The van der Waals surface area contributed by atoms with Gasteiger partial charge in [0.05, 0.1) is 13.2 Å². The summed E-state index contributed by atoms with van der Waals surface area (Å²) in [4.78, 5) is 24.2. The number of hydrogen-bond donors (Lipinski definition) is 2. The third-order valence-electron chi connectivity index (χ3n) is 4.32. The van der Waals surface area contributed by atoms with Gasteiger partial charge in [0, 0.05) is 22.7 Å². The van der Waals surface area contributed by atoms with Gasteiger partial charge >= 0.3 is 0 Å². The van der Waals surface area contributed by atoms with Crippen LogP contribution in [0.2, 0.25) is 0 Å². The third kappa shape index (κ3) is 4.18. The highest BCUT2D eigenvalue weighted by molar-refractivity contribution is 5.97. The molecule has 0 bridgehead atoms. The van der Waals surface area contributed by atoms with E-state index in [1.54, 1.807) is 31.4 Å². The highest BCUT2D eigenvalue weighted by Gasteiger charge is 2.29. The van der Waals surface area contributed by atoms with E-state index in [0.29, 0.717) is 11.3 Å². The number of amides is 2. The monoisotopic (exact) mass is 338 g/mol. The molecule has 1 saturated carbocycles. The zero-order valence-electron chi connectivity index (χ0n) is 14.4. The molecule has 0 aromatic heterocycles. The topological polar surface area (TPSA) is 67.4 Å². The highest BCUT2D eigenvalue weighted by Crippen LogP contribution is 2.30. The fraction of sp³-hybridized carbons (Fsp3) is 0.300. The summed E-state index contributed by atoms with van der Waals surface area (Å²) in [7, 11) is 1.61. The molecule has 5 heteroatoms. The number of ether oxygens (including phenoxy) is 1. The van der Waals surface area contributed by atoms with E-state index in [9.17, 15) is 9.59 Å². The minimum atomic E-state index is -0.183. The van der Waals surface area contributed by atoms with Crippen LogP contribution >= 0.6 is 0 Å². The molecule has 2 aromatic rings. The van der Waals surface area contributed by atoms with E-state index >= 15 is 0 Å². The van der Waals surface area contributed by atoms with Crippen LogP contribution in [-0.2, 0) is 4.79 Å². The Balaban J connectivity index is 1.63. The minimum Gasteiger partial charge on any atom is -0.496 e. The lowest BCUT2D eigenvalue weighted by atomic mass is 10.1. The number of methoxy groups -OCH3 is 1. The summed E-state index contributed by atoms with van der Waals surface area (Å²) >= 11 is 0. The maximum absolute atomic E-state index is 12.4. The zero-order chi connectivity index (χ0) is 17.8. The summed E-state index contributed by atoms with van der Waals surface area (Å²) in [5, 5.41) is 5.83. The molecular weight excluding hydrogens is 316 g/mol. The van der Waals surface area contributed by atoms with Crippen LogP contribution in [0.4, 0.5) is 5.69 Å². The summed E-state index contributed by atoms with van der Waals surface area (Å²) in [6, 6.07) is 14.4. The Morgan fingerprint density at radius 3 is 2.40 bits per heavy atom. The second kappa shape index (κ2) is 7.38. The largest absolute Gasteiger partial charge is 0.496 e. The lowest BCUT2D eigenvalue weighted by molar-refractivity contribution is -0.117. The maximum Gasteiger partial charge on any atom is 0.251 e. The first-order valence-corrected chi connectivity index (χ1v) is 8.43. The Morgan fingerprint density at radius 1 is 1.08 bits per heavy atom. The number of hydrogen-bond acceptors (Lipinski definition) is 3. The van der Waals surface area contributed by atoms with Crippen LogP contribution in [-0.4, -0.2) is 18.9 Å². The molecule has 1 aliphatic carbocycles. The van der Waals surface area contributed by atoms with Crippen LogP contribution in [0.15, 0.2) is 48.5 Å². The molecule has 1 atom stereocenters. The van der Waals surface area contributed by atoms with Crippen molar-refractivity contribution in [1.29, 1.82) is 0 Å². The van der Waals surface area contributed by atoms with Gasteiger partial charge in [0.2, 0.25) is 5.91 Å². The van der Waals surface area contributed by atoms with Gasteiger partial charge in [-0.05, 0) is 50.1 Å². The molecule has 0 radical (unpaired) electrons. The molecule has 0 saturated heterocycles. The van der Waals surface area contributed by atoms with Gasteiger partial charge in [-0.15, -0.1) is 0 Å². The van der Waals surface area contributed by atoms with Crippen LogP contribution in [0.5, 0.6) is 5.75 Å². The van der Waals surface area contributed by atoms with Gasteiger partial charge < -0.3 is 15.4 Å². The molecule has 25 heavy (non-hydrogen) atoms. The maximum atomic E-state index is 12.4. The van der Waals surface area contributed by atoms with Crippen molar-refractivity contribution in [3.8, 4) is 5.75 Å². The van der Waals surface area contributed by atoms with E-state index in [1.165, 1.54) is 0 Å². The minimum absolute atomic E-state index is 0.0574. The quantitative estimate of drug-likeness (QED) is 0.846. The molecule has 5 nitrogen and oxygen atoms in total. The summed E-state index contributed by atoms with van der Waals surface area (Å²) in [6.45, 7) is 1.92. The highest BCUT2D eigenvalue weighted by atomic mass is 16.5. The first kappa shape index (κ1) is 17.0. The van der Waals surface area contributed by atoms with Crippen molar-refractivity contribution in [2.24, 2.45) is 5.92 Å². The number of carbonyl (C=O) groups excluding carboxylic acids is 2. The molecule has 0 heterocycles.